The Morgan fingerprint density at radius 1 is 1.19 bits per heavy atom. The summed E-state index contributed by atoms with van der Waals surface area (Å²) in [6.07, 6.45) is 15.0. The average molecular weight is 371 g/mol. The van der Waals surface area contributed by atoms with Crippen LogP contribution in [-0.2, 0) is 4.79 Å². The molecule has 0 aromatic carbocycles. The largest absolute Gasteiger partial charge is 0.354 e. The second kappa shape index (κ2) is 10.2. The Labute approximate surface area is 161 Å². The van der Waals surface area contributed by atoms with Gasteiger partial charge in [0.2, 0.25) is 11.9 Å². The van der Waals surface area contributed by atoms with Crippen molar-refractivity contribution in [2.75, 3.05) is 19.6 Å². The van der Waals surface area contributed by atoms with Gasteiger partial charge in [-0.05, 0) is 38.4 Å². The number of rotatable bonds is 9. The average Bonchev–Trinajstić information content (AvgIpc) is 3.24. The van der Waals surface area contributed by atoms with E-state index in [1.165, 1.54) is 19.3 Å². The molecule has 0 bridgehead atoms. The molecule has 7 nitrogen and oxygen atoms in total. The Balaban J connectivity index is 1.75. The van der Waals surface area contributed by atoms with Crippen molar-refractivity contribution in [1.82, 2.24) is 29.7 Å². The molecule has 1 saturated heterocycles. The number of aromatic nitrogens is 4. The SMILES string of the molecule is CCCCCCNC(=O)C(c1ccnc(-n2ccnc2)n1)N1CCCCC1. The molecule has 1 unspecified atom stereocenters. The van der Waals surface area contributed by atoms with Crippen molar-refractivity contribution >= 4 is 5.91 Å². The Bertz CT molecular complexity index is 696. The number of imidazole rings is 1. The standard InChI is InChI=1S/C20H30N6O/c1-2-3-4-6-10-22-19(27)18(25-13-7-5-8-14-25)17-9-11-23-20(24-17)26-15-12-21-16-26/h9,11-12,15-16,18H,2-8,10,13-14H2,1H3,(H,22,27). The number of hydrogen-bond acceptors (Lipinski definition) is 5. The predicted molar refractivity (Wildman–Crippen MR) is 104 cm³/mol. The lowest BCUT2D eigenvalue weighted by atomic mass is 10.0. The molecule has 1 aliphatic heterocycles. The summed E-state index contributed by atoms with van der Waals surface area (Å²) in [5, 5.41) is 3.13. The Kier molecular flexibility index (Phi) is 7.33. The Morgan fingerprint density at radius 2 is 2.04 bits per heavy atom. The van der Waals surface area contributed by atoms with E-state index in [1.54, 1.807) is 23.3 Å². The normalized spacial score (nSPS) is 16.2. The Morgan fingerprint density at radius 3 is 2.78 bits per heavy atom. The molecule has 1 atom stereocenters. The van der Waals surface area contributed by atoms with Crippen LogP contribution in [0.2, 0.25) is 0 Å². The molecule has 1 aliphatic rings. The van der Waals surface area contributed by atoms with Crippen LogP contribution in [0.1, 0.15) is 63.6 Å². The number of nitrogens with one attached hydrogen (secondary N) is 1. The number of piperidine rings is 1. The van der Waals surface area contributed by atoms with Gasteiger partial charge in [-0.25, -0.2) is 15.0 Å². The number of likely N-dealkylation sites (tertiary alicyclic amines) is 1. The zero-order valence-corrected chi connectivity index (χ0v) is 16.2. The molecule has 3 heterocycles. The second-order valence-electron chi connectivity index (χ2n) is 7.10. The van der Waals surface area contributed by atoms with E-state index in [0.29, 0.717) is 5.95 Å². The summed E-state index contributed by atoms with van der Waals surface area (Å²) in [5.74, 6) is 0.589. The van der Waals surface area contributed by atoms with E-state index in [4.69, 9.17) is 0 Å². The second-order valence-corrected chi connectivity index (χ2v) is 7.10. The first-order valence-corrected chi connectivity index (χ1v) is 10.1. The first-order chi connectivity index (χ1) is 13.3. The van der Waals surface area contributed by atoms with Gasteiger partial charge in [0.15, 0.2) is 0 Å². The van der Waals surface area contributed by atoms with Crippen LogP contribution in [-0.4, -0.2) is 50.0 Å². The van der Waals surface area contributed by atoms with E-state index in [2.05, 4.69) is 32.1 Å². The van der Waals surface area contributed by atoms with E-state index in [9.17, 15) is 4.79 Å². The van der Waals surface area contributed by atoms with Gasteiger partial charge in [0.25, 0.3) is 0 Å². The van der Waals surface area contributed by atoms with Crippen LogP contribution in [0.3, 0.4) is 0 Å². The summed E-state index contributed by atoms with van der Waals surface area (Å²) < 4.78 is 1.76. The molecule has 146 valence electrons. The van der Waals surface area contributed by atoms with Crippen LogP contribution in [0.25, 0.3) is 5.95 Å². The van der Waals surface area contributed by atoms with E-state index in [0.717, 1.165) is 51.0 Å². The van der Waals surface area contributed by atoms with Gasteiger partial charge in [0, 0.05) is 25.1 Å². The number of hydrogen-bond donors (Lipinski definition) is 1. The van der Waals surface area contributed by atoms with Gasteiger partial charge in [0.1, 0.15) is 12.4 Å². The summed E-state index contributed by atoms with van der Waals surface area (Å²) in [6.45, 7) is 4.78. The van der Waals surface area contributed by atoms with Crippen molar-refractivity contribution in [1.29, 1.82) is 0 Å². The first-order valence-electron chi connectivity index (χ1n) is 10.1. The topological polar surface area (TPSA) is 75.9 Å². The molecule has 3 rings (SSSR count). The molecular weight excluding hydrogens is 340 g/mol. The summed E-state index contributed by atoms with van der Waals surface area (Å²) in [6, 6.07) is 1.50. The van der Waals surface area contributed by atoms with Crippen molar-refractivity contribution in [2.24, 2.45) is 0 Å². The molecule has 0 radical (unpaired) electrons. The van der Waals surface area contributed by atoms with E-state index in [-0.39, 0.29) is 11.9 Å². The lowest BCUT2D eigenvalue weighted by Crippen LogP contribution is -2.43. The minimum Gasteiger partial charge on any atom is -0.354 e. The predicted octanol–water partition coefficient (Wildman–Crippen LogP) is 2.89. The van der Waals surface area contributed by atoms with E-state index in [1.807, 2.05) is 12.3 Å². The highest BCUT2D eigenvalue weighted by molar-refractivity contribution is 5.82. The third-order valence-electron chi connectivity index (χ3n) is 5.01. The molecule has 1 N–H and O–H groups in total. The maximum Gasteiger partial charge on any atom is 0.243 e. The zero-order valence-electron chi connectivity index (χ0n) is 16.2. The van der Waals surface area contributed by atoms with Gasteiger partial charge in [-0.2, -0.15) is 0 Å². The molecular formula is C20H30N6O. The van der Waals surface area contributed by atoms with Gasteiger partial charge in [0.05, 0.1) is 5.69 Å². The lowest BCUT2D eigenvalue weighted by Gasteiger charge is -2.33. The molecule has 2 aromatic rings. The third-order valence-corrected chi connectivity index (χ3v) is 5.01. The summed E-state index contributed by atoms with van der Waals surface area (Å²) in [5.41, 5.74) is 0.752. The fourth-order valence-electron chi connectivity index (χ4n) is 3.54. The lowest BCUT2D eigenvalue weighted by molar-refractivity contribution is -0.127. The molecule has 2 aromatic heterocycles. The molecule has 0 saturated carbocycles. The van der Waals surface area contributed by atoms with Crippen LogP contribution < -0.4 is 5.32 Å². The summed E-state index contributed by atoms with van der Waals surface area (Å²) in [7, 11) is 0. The van der Waals surface area contributed by atoms with E-state index >= 15 is 0 Å². The molecule has 27 heavy (non-hydrogen) atoms. The zero-order chi connectivity index (χ0) is 18.9. The molecule has 1 fully saturated rings. The van der Waals surface area contributed by atoms with Crippen LogP contribution in [0.4, 0.5) is 0 Å². The van der Waals surface area contributed by atoms with Crippen LogP contribution in [0, 0.1) is 0 Å². The number of nitrogens with zero attached hydrogens (tertiary/aromatic N) is 5. The number of carbonyl (C=O) groups excluding carboxylic acids is 1. The van der Waals surface area contributed by atoms with Gasteiger partial charge >= 0.3 is 0 Å². The van der Waals surface area contributed by atoms with Crippen molar-refractivity contribution in [3.63, 3.8) is 0 Å². The van der Waals surface area contributed by atoms with Crippen LogP contribution in [0.5, 0.6) is 0 Å². The first kappa shape index (κ1) is 19.5. The quantitative estimate of drug-likeness (QED) is 0.687. The Hall–Kier alpha value is -2.28. The van der Waals surface area contributed by atoms with Gasteiger partial charge in [-0.1, -0.05) is 32.6 Å². The highest BCUT2D eigenvalue weighted by Crippen LogP contribution is 2.24. The smallest absolute Gasteiger partial charge is 0.243 e. The van der Waals surface area contributed by atoms with Gasteiger partial charge in [-0.15, -0.1) is 0 Å². The van der Waals surface area contributed by atoms with Crippen molar-refractivity contribution < 1.29 is 4.79 Å². The maximum atomic E-state index is 13.0. The van der Waals surface area contributed by atoms with Crippen molar-refractivity contribution in [2.45, 2.75) is 57.9 Å². The van der Waals surface area contributed by atoms with Crippen molar-refractivity contribution in [3.8, 4) is 5.95 Å². The monoisotopic (exact) mass is 370 g/mol. The minimum atomic E-state index is -0.359. The number of carbonyl (C=O) groups is 1. The third kappa shape index (κ3) is 5.35. The fraction of sp³-hybridized carbons (Fsp3) is 0.600. The number of unbranched alkanes of at least 4 members (excludes halogenated alkanes) is 3. The van der Waals surface area contributed by atoms with Crippen LogP contribution in [0.15, 0.2) is 31.0 Å². The molecule has 0 spiro atoms. The molecule has 7 heteroatoms. The van der Waals surface area contributed by atoms with Gasteiger partial charge < -0.3 is 5.32 Å². The van der Waals surface area contributed by atoms with E-state index < -0.39 is 0 Å². The summed E-state index contributed by atoms with van der Waals surface area (Å²) >= 11 is 0. The molecule has 0 aliphatic carbocycles. The molecule has 1 amide bonds. The minimum absolute atomic E-state index is 0.0451. The highest BCUT2D eigenvalue weighted by Gasteiger charge is 2.30. The highest BCUT2D eigenvalue weighted by atomic mass is 16.2. The summed E-state index contributed by atoms with van der Waals surface area (Å²) in [4.78, 5) is 28.4. The fourth-order valence-corrected chi connectivity index (χ4v) is 3.54. The maximum absolute atomic E-state index is 13.0. The van der Waals surface area contributed by atoms with Gasteiger partial charge in [-0.3, -0.25) is 14.3 Å². The number of amides is 1. The van der Waals surface area contributed by atoms with Crippen molar-refractivity contribution in [3.05, 3.63) is 36.7 Å². The van der Waals surface area contributed by atoms with Crippen LogP contribution >= 0.6 is 0 Å².